The molecule has 0 aliphatic heterocycles. The normalized spacial score (nSPS) is 11.2. The van der Waals surface area contributed by atoms with Crippen LogP contribution in [0.1, 0.15) is 26.5 Å². The largest absolute Gasteiger partial charge is 0.444 e. The van der Waals surface area contributed by atoms with Gasteiger partial charge in [-0.15, -0.1) is 0 Å². The van der Waals surface area contributed by atoms with Crippen LogP contribution in [0.15, 0.2) is 16.7 Å². The highest BCUT2D eigenvalue weighted by Crippen LogP contribution is 2.09. The number of aromatic amines is 1. The van der Waals surface area contributed by atoms with Gasteiger partial charge in [-0.05, 0) is 48.8 Å². The summed E-state index contributed by atoms with van der Waals surface area (Å²) in [5.41, 5.74) is 0.466. The van der Waals surface area contributed by atoms with E-state index >= 15 is 0 Å². The number of alkyl carbamates (subject to hydrolysis) is 1. The van der Waals surface area contributed by atoms with Crippen molar-refractivity contribution < 1.29 is 9.53 Å². The summed E-state index contributed by atoms with van der Waals surface area (Å²) in [7, 11) is 0. The Bertz CT molecular complexity index is 341. The second-order valence-electron chi connectivity index (χ2n) is 4.19. The number of rotatable bonds is 2. The van der Waals surface area contributed by atoms with Gasteiger partial charge in [0.1, 0.15) is 5.60 Å². The van der Waals surface area contributed by atoms with Crippen LogP contribution >= 0.6 is 15.9 Å². The van der Waals surface area contributed by atoms with Crippen molar-refractivity contribution in [3.63, 3.8) is 0 Å². The van der Waals surface area contributed by atoms with Crippen molar-refractivity contribution in [3.8, 4) is 0 Å². The molecule has 1 aromatic rings. The van der Waals surface area contributed by atoms with Gasteiger partial charge in [-0.25, -0.2) is 4.79 Å². The third-order valence-corrected chi connectivity index (χ3v) is 2.00. The minimum atomic E-state index is -0.458. The Morgan fingerprint density at radius 2 is 2.20 bits per heavy atom. The summed E-state index contributed by atoms with van der Waals surface area (Å²) in [6.07, 6.45) is -0.409. The number of halogens is 1. The van der Waals surface area contributed by atoms with Crippen molar-refractivity contribution in [2.75, 3.05) is 0 Å². The lowest BCUT2D eigenvalue weighted by Gasteiger charge is -2.19. The van der Waals surface area contributed by atoms with Crippen molar-refractivity contribution in [2.45, 2.75) is 32.9 Å². The predicted molar refractivity (Wildman–Crippen MR) is 61.6 cm³/mol. The van der Waals surface area contributed by atoms with E-state index in [0.717, 1.165) is 10.3 Å². The fraction of sp³-hybridized carbons (Fsp3) is 0.500. The second-order valence-corrected chi connectivity index (χ2v) is 5.04. The van der Waals surface area contributed by atoms with Crippen LogP contribution in [0.3, 0.4) is 0 Å². The van der Waals surface area contributed by atoms with Gasteiger partial charge in [0.15, 0.2) is 0 Å². The molecule has 0 aromatic carbocycles. The quantitative estimate of drug-likeness (QED) is 0.872. The van der Waals surface area contributed by atoms with Crippen LogP contribution in [0.25, 0.3) is 0 Å². The molecule has 0 aliphatic carbocycles. The lowest BCUT2D eigenvalue weighted by atomic mass is 10.2. The lowest BCUT2D eigenvalue weighted by Crippen LogP contribution is -2.32. The van der Waals surface area contributed by atoms with Crippen LogP contribution < -0.4 is 5.32 Å². The summed E-state index contributed by atoms with van der Waals surface area (Å²) >= 11 is 3.29. The molecule has 0 spiro atoms. The van der Waals surface area contributed by atoms with Crippen LogP contribution in [-0.2, 0) is 11.3 Å². The third-order valence-electron chi connectivity index (χ3n) is 1.53. The van der Waals surface area contributed by atoms with E-state index in [9.17, 15) is 4.79 Å². The van der Waals surface area contributed by atoms with E-state index in [1.807, 2.05) is 32.9 Å². The summed E-state index contributed by atoms with van der Waals surface area (Å²) in [5, 5.41) is 2.66. The number of carbonyl (C=O) groups excluding carboxylic acids is 1. The molecule has 5 heteroatoms. The molecular weight excluding hydrogens is 260 g/mol. The SMILES string of the molecule is CC(C)(C)OC(=O)NCc1ccc(Br)[nH]1. The third kappa shape index (κ3) is 4.88. The summed E-state index contributed by atoms with van der Waals surface area (Å²) in [4.78, 5) is 14.3. The van der Waals surface area contributed by atoms with Crippen molar-refractivity contribution in [1.82, 2.24) is 10.3 Å². The van der Waals surface area contributed by atoms with Gasteiger partial charge in [0.05, 0.1) is 11.1 Å². The van der Waals surface area contributed by atoms with Crippen molar-refractivity contribution in [3.05, 3.63) is 22.4 Å². The molecule has 0 atom stereocenters. The molecule has 1 amide bonds. The molecule has 0 saturated carbocycles. The average Bonchev–Trinajstić information content (AvgIpc) is 2.45. The van der Waals surface area contributed by atoms with E-state index in [2.05, 4.69) is 26.2 Å². The highest BCUT2D eigenvalue weighted by atomic mass is 79.9. The highest BCUT2D eigenvalue weighted by Gasteiger charge is 2.15. The molecular formula is C10H15BrN2O2. The smallest absolute Gasteiger partial charge is 0.407 e. The van der Waals surface area contributed by atoms with E-state index in [1.165, 1.54) is 0 Å². The number of ether oxygens (including phenoxy) is 1. The number of aromatic nitrogens is 1. The fourth-order valence-corrected chi connectivity index (χ4v) is 1.38. The first-order chi connectivity index (χ1) is 6.87. The second kappa shape index (κ2) is 4.70. The first-order valence-electron chi connectivity index (χ1n) is 4.67. The van der Waals surface area contributed by atoms with E-state index < -0.39 is 11.7 Å². The van der Waals surface area contributed by atoms with Crippen molar-refractivity contribution >= 4 is 22.0 Å². The topological polar surface area (TPSA) is 54.1 Å². The number of carbonyl (C=O) groups is 1. The zero-order valence-electron chi connectivity index (χ0n) is 9.06. The number of hydrogen-bond acceptors (Lipinski definition) is 2. The van der Waals surface area contributed by atoms with Crippen LogP contribution in [-0.4, -0.2) is 16.7 Å². The maximum atomic E-state index is 11.3. The fourth-order valence-electron chi connectivity index (χ4n) is 0.995. The van der Waals surface area contributed by atoms with Crippen LogP contribution in [0.2, 0.25) is 0 Å². The Hall–Kier alpha value is -0.970. The van der Waals surface area contributed by atoms with Gasteiger partial charge in [-0.2, -0.15) is 0 Å². The van der Waals surface area contributed by atoms with E-state index in [1.54, 1.807) is 0 Å². The molecule has 4 nitrogen and oxygen atoms in total. The minimum Gasteiger partial charge on any atom is -0.444 e. The molecule has 0 unspecified atom stereocenters. The predicted octanol–water partition coefficient (Wildman–Crippen LogP) is 2.80. The van der Waals surface area contributed by atoms with E-state index in [0.29, 0.717) is 6.54 Å². The minimum absolute atomic E-state index is 0.409. The van der Waals surface area contributed by atoms with Gasteiger partial charge in [-0.3, -0.25) is 0 Å². The van der Waals surface area contributed by atoms with Gasteiger partial charge in [-0.1, -0.05) is 0 Å². The van der Waals surface area contributed by atoms with Gasteiger partial charge in [0.2, 0.25) is 0 Å². The molecule has 2 N–H and O–H groups in total. The summed E-state index contributed by atoms with van der Waals surface area (Å²) in [6.45, 7) is 5.92. The monoisotopic (exact) mass is 274 g/mol. The van der Waals surface area contributed by atoms with Crippen LogP contribution in [0, 0.1) is 0 Å². The molecule has 0 aliphatic rings. The molecule has 0 saturated heterocycles. The van der Waals surface area contributed by atoms with Gasteiger partial charge < -0.3 is 15.0 Å². The number of amides is 1. The molecule has 0 bridgehead atoms. The van der Waals surface area contributed by atoms with Crippen LogP contribution in [0.4, 0.5) is 4.79 Å². The molecule has 1 aromatic heterocycles. The van der Waals surface area contributed by atoms with Crippen molar-refractivity contribution in [1.29, 1.82) is 0 Å². The van der Waals surface area contributed by atoms with Crippen LogP contribution in [0.5, 0.6) is 0 Å². The Morgan fingerprint density at radius 1 is 1.53 bits per heavy atom. The Labute approximate surface area is 97.5 Å². The van der Waals surface area contributed by atoms with E-state index in [4.69, 9.17) is 4.74 Å². The molecule has 0 fully saturated rings. The maximum absolute atomic E-state index is 11.3. The first kappa shape index (κ1) is 12.1. The first-order valence-corrected chi connectivity index (χ1v) is 5.46. The number of nitrogens with one attached hydrogen (secondary N) is 2. The van der Waals surface area contributed by atoms with Gasteiger partial charge in [0, 0.05) is 5.69 Å². The summed E-state index contributed by atoms with van der Waals surface area (Å²) < 4.78 is 5.98. The average molecular weight is 275 g/mol. The maximum Gasteiger partial charge on any atom is 0.407 e. The number of hydrogen-bond donors (Lipinski definition) is 2. The Morgan fingerprint density at radius 3 is 2.67 bits per heavy atom. The molecule has 84 valence electrons. The van der Waals surface area contributed by atoms with Gasteiger partial charge in [0.25, 0.3) is 0 Å². The zero-order chi connectivity index (χ0) is 11.5. The zero-order valence-corrected chi connectivity index (χ0v) is 10.6. The molecule has 1 heterocycles. The molecule has 15 heavy (non-hydrogen) atoms. The lowest BCUT2D eigenvalue weighted by molar-refractivity contribution is 0.0523. The standard InChI is InChI=1S/C10H15BrN2O2/c1-10(2,3)15-9(14)12-6-7-4-5-8(11)13-7/h4-5,13H,6H2,1-3H3,(H,12,14). The number of H-pyrrole nitrogens is 1. The van der Waals surface area contributed by atoms with Gasteiger partial charge >= 0.3 is 6.09 Å². The highest BCUT2D eigenvalue weighted by molar-refractivity contribution is 9.10. The molecule has 1 rings (SSSR count). The van der Waals surface area contributed by atoms with Crippen molar-refractivity contribution in [2.24, 2.45) is 0 Å². The summed E-state index contributed by atoms with van der Waals surface area (Å²) in [5.74, 6) is 0. The Kier molecular flexibility index (Phi) is 3.79. The Balaban J connectivity index is 2.35. The van der Waals surface area contributed by atoms with E-state index in [-0.39, 0.29) is 0 Å². The molecule has 0 radical (unpaired) electrons. The summed E-state index contributed by atoms with van der Waals surface area (Å²) in [6, 6.07) is 3.77.